The maximum Gasteiger partial charge on any atom is 0.122 e. The first kappa shape index (κ1) is 14.3. The van der Waals surface area contributed by atoms with Gasteiger partial charge in [-0.25, -0.2) is 0 Å². The summed E-state index contributed by atoms with van der Waals surface area (Å²) in [6.45, 7) is 17.3. The third-order valence-electron chi connectivity index (χ3n) is 1.05. The van der Waals surface area contributed by atoms with Crippen LogP contribution in [0.15, 0.2) is 49.3 Å². The van der Waals surface area contributed by atoms with Crippen molar-refractivity contribution in [1.82, 2.24) is 0 Å². The van der Waals surface area contributed by atoms with Gasteiger partial charge in [-0.05, 0) is 18.6 Å². The molecule has 0 atom stereocenters. The summed E-state index contributed by atoms with van der Waals surface area (Å²) < 4.78 is 5.27. The zero-order chi connectivity index (χ0) is 10.7. The molecular formula is C12H20O. The van der Waals surface area contributed by atoms with Crippen molar-refractivity contribution in [2.45, 2.75) is 20.8 Å². The largest absolute Gasteiger partial charge is 0.489 e. The monoisotopic (exact) mass is 180 g/mol. The van der Waals surface area contributed by atoms with Crippen LogP contribution < -0.4 is 0 Å². The van der Waals surface area contributed by atoms with E-state index in [1.165, 1.54) is 0 Å². The van der Waals surface area contributed by atoms with Crippen molar-refractivity contribution in [2.75, 3.05) is 6.61 Å². The van der Waals surface area contributed by atoms with E-state index in [9.17, 15) is 0 Å². The van der Waals surface area contributed by atoms with Gasteiger partial charge in [-0.3, -0.25) is 0 Å². The highest BCUT2D eigenvalue weighted by molar-refractivity contribution is 5.23. The third kappa shape index (κ3) is 8.67. The minimum absolute atomic E-state index is 0.506. The van der Waals surface area contributed by atoms with Crippen LogP contribution in [-0.4, -0.2) is 6.61 Å². The van der Waals surface area contributed by atoms with Crippen LogP contribution in [0.3, 0.4) is 0 Å². The van der Waals surface area contributed by atoms with Gasteiger partial charge in [-0.1, -0.05) is 45.7 Å². The van der Waals surface area contributed by atoms with Crippen LogP contribution in [-0.2, 0) is 4.74 Å². The van der Waals surface area contributed by atoms with E-state index in [0.29, 0.717) is 6.61 Å². The van der Waals surface area contributed by atoms with Crippen molar-refractivity contribution in [3.8, 4) is 0 Å². The standard InChI is InChI=1S/C10H14O.C2H6/c1-5-7-10(9(3)4)11-8-6-2;1-2/h5-7H,1-3,8H2,4H3;1-2H3/b10-7+;. The van der Waals surface area contributed by atoms with Crippen molar-refractivity contribution in [1.29, 1.82) is 0 Å². The fraction of sp³-hybridized carbons (Fsp3) is 0.333. The average molecular weight is 180 g/mol. The molecule has 0 N–H and O–H groups in total. The second-order valence-corrected chi connectivity index (χ2v) is 2.15. The molecular weight excluding hydrogens is 160 g/mol. The van der Waals surface area contributed by atoms with Gasteiger partial charge in [0.05, 0.1) is 0 Å². The highest BCUT2D eigenvalue weighted by Crippen LogP contribution is 2.07. The van der Waals surface area contributed by atoms with Crippen LogP contribution in [0.25, 0.3) is 0 Å². The fourth-order valence-electron chi connectivity index (χ4n) is 0.569. The van der Waals surface area contributed by atoms with Gasteiger partial charge < -0.3 is 4.74 Å². The highest BCUT2D eigenvalue weighted by atomic mass is 16.5. The number of hydrogen-bond acceptors (Lipinski definition) is 1. The summed E-state index contributed by atoms with van der Waals surface area (Å²) in [5.41, 5.74) is 0.895. The van der Waals surface area contributed by atoms with Gasteiger partial charge in [0.15, 0.2) is 0 Å². The van der Waals surface area contributed by atoms with E-state index in [1.807, 2.05) is 20.8 Å². The lowest BCUT2D eigenvalue weighted by molar-refractivity contribution is 0.257. The van der Waals surface area contributed by atoms with Crippen LogP contribution in [0.1, 0.15) is 20.8 Å². The maximum atomic E-state index is 5.27. The second kappa shape index (κ2) is 10.8. The average Bonchev–Trinajstić information content (AvgIpc) is 2.15. The van der Waals surface area contributed by atoms with Crippen molar-refractivity contribution < 1.29 is 4.74 Å². The molecule has 0 aliphatic heterocycles. The van der Waals surface area contributed by atoms with Crippen LogP contribution >= 0.6 is 0 Å². The van der Waals surface area contributed by atoms with E-state index in [0.717, 1.165) is 11.3 Å². The number of ether oxygens (including phenoxy) is 1. The second-order valence-electron chi connectivity index (χ2n) is 2.15. The first-order valence-corrected chi connectivity index (χ1v) is 4.44. The number of allylic oxidation sites excluding steroid dienone is 3. The van der Waals surface area contributed by atoms with Crippen LogP contribution in [0.5, 0.6) is 0 Å². The van der Waals surface area contributed by atoms with Gasteiger partial charge in [-0.2, -0.15) is 0 Å². The molecule has 0 unspecified atom stereocenters. The van der Waals surface area contributed by atoms with Crippen molar-refractivity contribution in [3.63, 3.8) is 0 Å². The Hall–Kier alpha value is -1.24. The molecule has 0 aromatic carbocycles. The molecule has 0 amide bonds. The molecule has 0 spiro atoms. The first-order valence-electron chi connectivity index (χ1n) is 4.44. The smallest absolute Gasteiger partial charge is 0.122 e. The Morgan fingerprint density at radius 2 is 1.85 bits per heavy atom. The van der Waals surface area contributed by atoms with Crippen molar-refractivity contribution >= 4 is 0 Å². The maximum absolute atomic E-state index is 5.27. The summed E-state index contributed by atoms with van der Waals surface area (Å²) in [4.78, 5) is 0. The quantitative estimate of drug-likeness (QED) is 0.354. The minimum atomic E-state index is 0.506. The molecule has 0 rings (SSSR count). The molecule has 0 heterocycles. The lowest BCUT2D eigenvalue weighted by atomic mass is 10.2. The number of hydrogen-bond donors (Lipinski definition) is 0. The third-order valence-corrected chi connectivity index (χ3v) is 1.05. The molecule has 0 radical (unpaired) electrons. The van der Waals surface area contributed by atoms with E-state index in [1.54, 1.807) is 18.2 Å². The molecule has 1 heteroatoms. The molecule has 0 aromatic heterocycles. The van der Waals surface area contributed by atoms with E-state index < -0.39 is 0 Å². The summed E-state index contributed by atoms with van der Waals surface area (Å²) in [7, 11) is 0. The lowest BCUT2D eigenvalue weighted by Crippen LogP contribution is -1.92. The normalized spacial score (nSPS) is 9.31. The Morgan fingerprint density at radius 1 is 1.31 bits per heavy atom. The molecule has 0 saturated heterocycles. The van der Waals surface area contributed by atoms with Crippen LogP contribution in [0, 0.1) is 0 Å². The Balaban J connectivity index is 0. The van der Waals surface area contributed by atoms with Gasteiger partial charge in [0, 0.05) is 0 Å². The van der Waals surface area contributed by atoms with E-state index >= 15 is 0 Å². The summed E-state index contributed by atoms with van der Waals surface area (Å²) in [5, 5.41) is 0. The van der Waals surface area contributed by atoms with Gasteiger partial charge in [0.1, 0.15) is 12.4 Å². The van der Waals surface area contributed by atoms with Crippen molar-refractivity contribution in [2.24, 2.45) is 0 Å². The Bertz CT molecular complexity index is 187. The highest BCUT2D eigenvalue weighted by Gasteiger charge is 1.94. The minimum Gasteiger partial charge on any atom is -0.489 e. The Morgan fingerprint density at radius 3 is 2.15 bits per heavy atom. The zero-order valence-electron chi connectivity index (χ0n) is 8.97. The molecule has 0 saturated carbocycles. The molecule has 74 valence electrons. The summed E-state index contributed by atoms with van der Waals surface area (Å²) in [5.74, 6) is 0.764. The summed E-state index contributed by atoms with van der Waals surface area (Å²) in [6, 6.07) is 0. The number of rotatable bonds is 5. The van der Waals surface area contributed by atoms with E-state index in [4.69, 9.17) is 4.74 Å². The predicted molar refractivity (Wildman–Crippen MR) is 60.6 cm³/mol. The zero-order valence-corrected chi connectivity index (χ0v) is 8.97. The van der Waals surface area contributed by atoms with Crippen LogP contribution in [0.4, 0.5) is 0 Å². The lowest BCUT2D eigenvalue weighted by Gasteiger charge is -2.06. The first-order chi connectivity index (χ1) is 6.22. The van der Waals surface area contributed by atoms with Gasteiger partial charge in [0.25, 0.3) is 0 Å². The SMILES string of the molecule is C=C/C=C(/OCC=C)C(=C)C.CC. The topological polar surface area (TPSA) is 9.23 Å². The van der Waals surface area contributed by atoms with E-state index in [2.05, 4.69) is 19.7 Å². The molecule has 13 heavy (non-hydrogen) atoms. The molecule has 0 aliphatic carbocycles. The molecule has 1 nitrogen and oxygen atoms in total. The molecule has 0 aromatic rings. The van der Waals surface area contributed by atoms with Crippen molar-refractivity contribution in [3.05, 3.63) is 49.3 Å². The Labute approximate surface area is 82.1 Å². The van der Waals surface area contributed by atoms with Gasteiger partial charge in [0.2, 0.25) is 0 Å². The fourth-order valence-corrected chi connectivity index (χ4v) is 0.569. The van der Waals surface area contributed by atoms with Crippen LogP contribution in [0.2, 0.25) is 0 Å². The summed E-state index contributed by atoms with van der Waals surface area (Å²) in [6.07, 6.45) is 5.15. The van der Waals surface area contributed by atoms with E-state index in [-0.39, 0.29) is 0 Å². The molecule has 0 fully saturated rings. The summed E-state index contributed by atoms with van der Waals surface area (Å²) >= 11 is 0. The predicted octanol–water partition coefficient (Wildman–Crippen LogP) is 3.86. The molecule has 0 aliphatic rings. The van der Waals surface area contributed by atoms with Gasteiger partial charge in [-0.15, -0.1) is 0 Å². The Kier molecular flexibility index (Phi) is 11.8. The molecule has 0 bridgehead atoms. The van der Waals surface area contributed by atoms with Gasteiger partial charge >= 0.3 is 0 Å².